The van der Waals surface area contributed by atoms with Crippen molar-refractivity contribution < 1.29 is 4.74 Å². The van der Waals surface area contributed by atoms with Gasteiger partial charge in [0.2, 0.25) is 0 Å². The zero-order valence-corrected chi connectivity index (χ0v) is 14.6. The predicted molar refractivity (Wildman–Crippen MR) is 96.3 cm³/mol. The number of rotatable bonds is 7. The van der Waals surface area contributed by atoms with E-state index in [1.807, 2.05) is 12.1 Å². The van der Waals surface area contributed by atoms with E-state index in [4.69, 9.17) is 9.73 Å². The van der Waals surface area contributed by atoms with Gasteiger partial charge in [0.05, 0.1) is 13.7 Å². The predicted octanol–water partition coefficient (Wildman–Crippen LogP) is 1.89. The maximum atomic E-state index is 5.18. The normalized spacial score (nSPS) is 18.9. The van der Waals surface area contributed by atoms with Gasteiger partial charge in [-0.3, -0.25) is 4.99 Å². The smallest absolute Gasteiger partial charge is 0.191 e. The van der Waals surface area contributed by atoms with Gasteiger partial charge in [0.25, 0.3) is 0 Å². The maximum Gasteiger partial charge on any atom is 0.191 e. The fourth-order valence-electron chi connectivity index (χ4n) is 2.87. The Morgan fingerprint density at radius 3 is 2.70 bits per heavy atom. The number of hydrogen-bond acceptors (Lipinski definition) is 3. The van der Waals surface area contributed by atoms with Crippen LogP contribution in [-0.4, -0.2) is 57.2 Å². The average molecular weight is 318 g/mol. The van der Waals surface area contributed by atoms with Crippen molar-refractivity contribution in [1.82, 2.24) is 15.5 Å². The molecule has 23 heavy (non-hydrogen) atoms. The Balaban J connectivity index is 1.78. The average Bonchev–Trinajstić information content (AvgIpc) is 2.98. The van der Waals surface area contributed by atoms with E-state index in [0.717, 1.165) is 37.8 Å². The van der Waals surface area contributed by atoms with Gasteiger partial charge in [0, 0.05) is 19.1 Å². The third-order valence-electron chi connectivity index (χ3n) is 4.34. The molecule has 1 aliphatic rings. The number of likely N-dealkylation sites (N-methyl/N-ethyl adjacent to an activating group) is 1. The first-order chi connectivity index (χ1) is 11.2. The zero-order chi connectivity index (χ0) is 16.5. The molecule has 5 heteroatoms. The number of benzene rings is 1. The van der Waals surface area contributed by atoms with Crippen LogP contribution in [0.3, 0.4) is 0 Å². The molecule has 1 aromatic carbocycles. The van der Waals surface area contributed by atoms with Crippen molar-refractivity contribution in [2.75, 3.05) is 40.3 Å². The Morgan fingerprint density at radius 1 is 1.30 bits per heavy atom. The van der Waals surface area contributed by atoms with Crippen molar-refractivity contribution in [3.05, 3.63) is 29.8 Å². The van der Waals surface area contributed by atoms with Crippen LogP contribution in [0.25, 0.3) is 0 Å². The van der Waals surface area contributed by atoms with E-state index in [0.29, 0.717) is 6.04 Å². The van der Waals surface area contributed by atoms with Gasteiger partial charge >= 0.3 is 0 Å². The Hall–Kier alpha value is -1.75. The molecule has 1 aliphatic heterocycles. The summed E-state index contributed by atoms with van der Waals surface area (Å²) in [7, 11) is 3.88. The number of ether oxygens (including phenoxy) is 1. The van der Waals surface area contributed by atoms with Crippen LogP contribution >= 0.6 is 0 Å². The highest BCUT2D eigenvalue weighted by atomic mass is 16.5. The van der Waals surface area contributed by atoms with Crippen molar-refractivity contribution >= 4 is 5.96 Å². The molecule has 2 N–H and O–H groups in total. The standard InChI is InChI=1S/C18H30N4O/c1-4-19-18(21-14-16-6-5-13-22(16)2)20-12-11-15-7-9-17(23-3)10-8-15/h7-10,16H,4-6,11-14H2,1-3H3,(H2,19,20,21). The van der Waals surface area contributed by atoms with Crippen LogP contribution in [0.15, 0.2) is 29.3 Å². The van der Waals surface area contributed by atoms with Gasteiger partial charge in [-0.15, -0.1) is 0 Å². The minimum atomic E-state index is 0.590. The van der Waals surface area contributed by atoms with Gasteiger partial charge in [-0.1, -0.05) is 12.1 Å². The number of aliphatic imine (C=N–C) groups is 1. The summed E-state index contributed by atoms with van der Waals surface area (Å²) in [6, 6.07) is 8.82. The van der Waals surface area contributed by atoms with E-state index in [1.54, 1.807) is 7.11 Å². The second kappa shape index (κ2) is 9.40. The largest absolute Gasteiger partial charge is 0.497 e. The fraction of sp³-hybridized carbons (Fsp3) is 0.611. The topological polar surface area (TPSA) is 48.9 Å². The van der Waals surface area contributed by atoms with Crippen LogP contribution in [0.1, 0.15) is 25.3 Å². The molecular formula is C18H30N4O. The molecule has 1 unspecified atom stereocenters. The highest BCUT2D eigenvalue weighted by Gasteiger charge is 2.20. The molecule has 1 heterocycles. The van der Waals surface area contributed by atoms with E-state index in [1.165, 1.54) is 24.9 Å². The molecule has 1 aromatic rings. The summed E-state index contributed by atoms with van der Waals surface area (Å²) in [5.74, 6) is 1.82. The Kier molecular flexibility index (Phi) is 7.20. The zero-order valence-electron chi connectivity index (χ0n) is 14.6. The summed E-state index contributed by atoms with van der Waals surface area (Å²) in [4.78, 5) is 7.14. The molecule has 128 valence electrons. The highest BCUT2D eigenvalue weighted by molar-refractivity contribution is 5.79. The van der Waals surface area contributed by atoms with Crippen LogP contribution in [0.2, 0.25) is 0 Å². The number of guanidine groups is 1. The van der Waals surface area contributed by atoms with Gasteiger partial charge in [-0.05, 0) is 57.5 Å². The Morgan fingerprint density at radius 2 is 2.09 bits per heavy atom. The molecule has 5 nitrogen and oxygen atoms in total. The molecule has 0 spiro atoms. The van der Waals surface area contributed by atoms with Crippen LogP contribution in [0.5, 0.6) is 5.75 Å². The number of nitrogens with one attached hydrogen (secondary N) is 2. The second-order valence-corrected chi connectivity index (χ2v) is 6.02. The van der Waals surface area contributed by atoms with Crippen LogP contribution < -0.4 is 15.4 Å². The lowest BCUT2D eigenvalue weighted by Crippen LogP contribution is -2.39. The Bertz CT molecular complexity index is 486. The quantitative estimate of drug-likeness (QED) is 0.595. The summed E-state index contributed by atoms with van der Waals surface area (Å²) in [5, 5.41) is 6.75. The SMILES string of the molecule is CCNC(=NCC1CCCN1C)NCCc1ccc(OC)cc1. The van der Waals surface area contributed by atoms with Crippen molar-refractivity contribution in [3.63, 3.8) is 0 Å². The van der Waals surface area contributed by atoms with Crippen molar-refractivity contribution in [2.24, 2.45) is 4.99 Å². The first-order valence-corrected chi connectivity index (χ1v) is 8.58. The van der Waals surface area contributed by atoms with E-state index >= 15 is 0 Å². The Labute approximate surface area is 140 Å². The first kappa shape index (κ1) is 17.6. The molecule has 1 saturated heterocycles. The monoisotopic (exact) mass is 318 g/mol. The van der Waals surface area contributed by atoms with Gasteiger partial charge in [0.1, 0.15) is 5.75 Å². The minimum Gasteiger partial charge on any atom is -0.497 e. The third kappa shape index (κ3) is 5.75. The molecule has 1 atom stereocenters. The summed E-state index contributed by atoms with van der Waals surface area (Å²) in [6.07, 6.45) is 3.51. The lowest BCUT2D eigenvalue weighted by atomic mass is 10.1. The molecule has 0 bridgehead atoms. The minimum absolute atomic E-state index is 0.590. The summed E-state index contributed by atoms with van der Waals surface area (Å²) >= 11 is 0. The number of nitrogens with zero attached hydrogens (tertiary/aromatic N) is 2. The van der Waals surface area contributed by atoms with Crippen LogP contribution in [0, 0.1) is 0 Å². The molecule has 0 amide bonds. The van der Waals surface area contributed by atoms with Gasteiger partial charge in [0.15, 0.2) is 5.96 Å². The lowest BCUT2D eigenvalue weighted by Gasteiger charge is -2.18. The molecular weight excluding hydrogens is 288 g/mol. The third-order valence-corrected chi connectivity index (χ3v) is 4.34. The fourth-order valence-corrected chi connectivity index (χ4v) is 2.87. The summed E-state index contributed by atoms with van der Waals surface area (Å²) in [5.41, 5.74) is 1.30. The highest BCUT2D eigenvalue weighted by Crippen LogP contribution is 2.14. The molecule has 0 aliphatic carbocycles. The van der Waals surface area contributed by atoms with Gasteiger partial charge < -0.3 is 20.3 Å². The summed E-state index contributed by atoms with van der Waals surface area (Å²) < 4.78 is 5.18. The van der Waals surface area contributed by atoms with Crippen molar-refractivity contribution in [2.45, 2.75) is 32.2 Å². The maximum absolute atomic E-state index is 5.18. The van der Waals surface area contributed by atoms with Gasteiger partial charge in [-0.2, -0.15) is 0 Å². The van der Waals surface area contributed by atoms with Crippen molar-refractivity contribution in [1.29, 1.82) is 0 Å². The van der Waals surface area contributed by atoms with Crippen molar-refractivity contribution in [3.8, 4) is 5.75 Å². The summed E-state index contributed by atoms with van der Waals surface area (Å²) in [6.45, 7) is 5.92. The molecule has 0 aromatic heterocycles. The van der Waals surface area contributed by atoms with Gasteiger partial charge in [-0.25, -0.2) is 0 Å². The number of hydrogen-bond donors (Lipinski definition) is 2. The van der Waals surface area contributed by atoms with E-state index < -0.39 is 0 Å². The van der Waals surface area contributed by atoms with E-state index in [9.17, 15) is 0 Å². The second-order valence-electron chi connectivity index (χ2n) is 6.02. The van der Waals surface area contributed by atoms with Crippen LogP contribution in [-0.2, 0) is 6.42 Å². The first-order valence-electron chi connectivity index (χ1n) is 8.58. The number of methoxy groups -OCH3 is 1. The molecule has 2 rings (SSSR count). The molecule has 0 saturated carbocycles. The molecule has 1 fully saturated rings. The molecule has 0 radical (unpaired) electrons. The van der Waals surface area contributed by atoms with E-state index in [2.05, 4.69) is 41.6 Å². The van der Waals surface area contributed by atoms with E-state index in [-0.39, 0.29) is 0 Å². The number of likely N-dealkylation sites (tertiary alicyclic amines) is 1. The van der Waals surface area contributed by atoms with Crippen LogP contribution in [0.4, 0.5) is 0 Å². The lowest BCUT2D eigenvalue weighted by molar-refractivity contribution is 0.317.